The van der Waals surface area contributed by atoms with Crippen LogP contribution >= 0.6 is 0 Å². The van der Waals surface area contributed by atoms with Crippen LogP contribution in [0, 0.1) is 24.4 Å². The maximum absolute atomic E-state index is 14.0. The molecular formula is C26H24F3N5O2. The number of halogens is 3. The van der Waals surface area contributed by atoms with Gasteiger partial charge in [-0.1, -0.05) is 12.1 Å². The first kappa shape index (κ1) is 23.8. The monoisotopic (exact) mass is 495 g/mol. The summed E-state index contributed by atoms with van der Waals surface area (Å²) in [4.78, 5) is 8.83. The van der Waals surface area contributed by atoms with Gasteiger partial charge in [-0.25, -0.2) is 27.8 Å². The van der Waals surface area contributed by atoms with E-state index in [4.69, 9.17) is 4.74 Å². The molecule has 2 aromatic heterocycles. The molecule has 1 aliphatic heterocycles. The number of fused-ring (bicyclic) bond motifs is 1. The highest BCUT2D eigenvalue weighted by molar-refractivity contribution is 5.69. The number of benzene rings is 2. The van der Waals surface area contributed by atoms with Crippen LogP contribution in [0.1, 0.15) is 41.3 Å². The van der Waals surface area contributed by atoms with Crippen molar-refractivity contribution in [3.63, 3.8) is 0 Å². The molecule has 186 valence electrons. The lowest BCUT2D eigenvalue weighted by Crippen LogP contribution is -2.39. The van der Waals surface area contributed by atoms with Crippen molar-refractivity contribution in [2.24, 2.45) is 0 Å². The van der Waals surface area contributed by atoms with Gasteiger partial charge in [-0.3, -0.25) is 0 Å². The van der Waals surface area contributed by atoms with E-state index in [1.54, 1.807) is 24.2 Å². The van der Waals surface area contributed by atoms with Gasteiger partial charge in [-0.2, -0.15) is 5.10 Å². The van der Waals surface area contributed by atoms with E-state index in [1.807, 2.05) is 42.0 Å². The molecule has 36 heavy (non-hydrogen) atoms. The second-order valence-electron chi connectivity index (χ2n) is 8.80. The van der Waals surface area contributed by atoms with Crippen molar-refractivity contribution in [2.75, 3.05) is 13.7 Å². The normalized spacial score (nSPS) is 17.5. The fourth-order valence-electron chi connectivity index (χ4n) is 4.66. The van der Waals surface area contributed by atoms with Crippen molar-refractivity contribution >= 4 is 12.2 Å². The summed E-state index contributed by atoms with van der Waals surface area (Å²) in [5.74, 6) is -2.75. The van der Waals surface area contributed by atoms with Gasteiger partial charge in [0.1, 0.15) is 11.6 Å². The Morgan fingerprint density at radius 1 is 1.14 bits per heavy atom. The van der Waals surface area contributed by atoms with Crippen molar-refractivity contribution in [2.45, 2.75) is 31.7 Å². The fourth-order valence-corrected chi connectivity index (χ4v) is 4.66. The minimum atomic E-state index is -1.54. The average Bonchev–Trinajstić information content (AvgIpc) is 3.51. The third-order valence-electron chi connectivity index (χ3n) is 6.51. The van der Waals surface area contributed by atoms with Crippen LogP contribution in [0.4, 0.5) is 13.2 Å². The highest BCUT2D eigenvalue weighted by atomic mass is 19.2. The number of aliphatic hydroxyl groups excluding tert-OH is 1. The summed E-state index contributed by atoms with van der Waals surface area (Å²) in [6, 6.07) is 7.55. The van der Waals surface area contributed by atoms with Crippen molar-refractivity contribution in [3.8, 4) is 11.4 Å². The third kappa shape index (κ3) is 4.07. The van der Waals surface area contributed by atoms with E-state index in [0.29, 0.717) is 36.8 Å². The number of ether oxygens (including phenoxy) is 1. The van der Waals surface area contributed by atoms with E-state index < -0.39 is 29.5 Å². The molecule has 0 aliphatic carbocycles. The molecule has 10 heteroatoms. The quantitative estimate of drug-likeness (QED) is 0.400. The zero-order valence-corrected chi connectivity index (χ0v) is 19.8. The van der Waals surface area contributed by atoms with E-state index in [9.17, 15) is 18.3 Å². The van der Waals surface area contributed by atoms with Crippen LogP contribution < -0.4 is 4.74 Å². The average molecular weight is 496 g/mol. The molecule has 0 spiro atoms. The Bertz CT molecular complexity index is 1440. The lowest BCUT2D eigenvalue weighted by atomic mass is 9.74. The van der Waals surface area contributed by atoms with Gasteiger partial charge in [0.25, 0.3) is 0 Å². The first-order valence-electron chi connectivity index (χ1n) is 11.4. The molecule has 1 atom stereocenters. The van der Waals surface area contributed by atoms with Gasteiger partial charge < -0.3 is 14.4 Å². The predicted molar refractivity (Wildman–Crippen MR) is 127 cm³/mol. The summed E-state index contributed by atoms with van der Waals surface area (Å²) in [5.41, 5.74) is 1.51. The number of methoxy groups -OCH3 is 1. The lowest BCUT2D eigenvalue weighted by Gasteiger charge is -2.35. The van der Waals surface area contributed by atoms with Crippen LogP contribution in [0.5, 0.6) is 5.75 Å². The van der Waals surface area contributed by atoms with Gasteiger partial charge in [-0.05, 0) is 61.2 Å². The fraction of sp³-hybridized carbons (Fsp3) is 0.269. The number of aryl methyl sites for hydroxylation is 2. The zero-order valence-electron chi connectivity index (χ0n) is 19.8. The second kappa shape index (κ2) is 9.27. The highest BCUT2D eigenvalue weighted by Crippen LogP contribution is 2.40. The van der Waals surface area contributed by atoms with Crippen LogP contribution in [-0.4, -0.2) is 43.1 Å². The highest BCUT2D eigenvalue weighted by Gasteiger charge is 2.42. The Kier molecular flexibility index (Phi) is 6.13. The maximum Gasteiger partial charge on any atom is 0.194 e. The van der Waals surface area contributed by atoms with E-state index in [1.165, 1.54) is 0 Å². The topological polar surface area (TPSA) is 78.0 Å². The van der Waals surface area contributed by atoms with E-state index >= 15 is 0 Å². The molecule has 0 bridgehead atoms. The molecule has 1 aliphatic rings. The van der Waals surface area contributed by atoms with Crippen molar-refractivity contribution < 1.29 is 23.0 Å². The van der Waals surface area contributed by atoms with Gasteiger partial charge in [0, 0.05) is 12.7 Å². The van der Waals surface area contributed by atoms with Gasteiger partial charge >= 0.3 is 0 Å². The standard InChI is InChI=1S/C26H24F3N5O2/c1-16-13-33(15-30-16)21-6-4-17(10-22(21)36-2)5-7-23-31-25-26(14-35,8-3-9-34(25)32-23)18-11-19(27)24(29)20(28)12-18/h4-7,10-13,15,35H,3,8-9,14H2,1-2H3/t26-/m0/s1. The minimum absolute atomic E-state index is 0.125. The molecule has 0 radical (unpaired) electrons. The number of hydrogen-bond donors (Lipinski definition) is 1. The van der Waals surface area contributed by atoms with Gasteiger partial charge in [0.05, 0.1) is 36.8 Å². The molecule has 7 nitrogen and oxygen atoms in total. The summed E-state index contributed by atoms with van der Waals surface area (Å²) in [7, 11) is 1.59. The summed E-state index contributed by atoms with van der Waals surface area (Å²) in [6.45, 7) is 1.99. The first-order valence-corrected chi connectivity index (χ1v) is 11.4. The summed E-state index contributed by atoms with van der Waals surface area (Å²) in [6.07, 6.45) is 8.16. The lowest BCUT2D eigenvalue weighted by molar-refractivity contribution is 0.180. The van der Waals surface area contributed by atoms with E-state index in [-0.39, 0.29) is 5.56 Å². The molecule has 0 saturated carbocycles. The number of nitrogens with zero attached hydrogens (tertiary/aromatic N) is 5. The summed E-state index contributed by atoms with van der Waals surface area (Å²) >= 11 is 0. The molecule has 0 unspecified atom stereocenters. The van der Waals surface area contributed by atoms with Crippen molar-refractivity contribution in [3.05, 3.63) is 88.8 Å². The van der Waals surface area contributed by atoms with Crippen LogP contribution in [0.15, 0.2) is 42.9 Å². The minimum Gasteiger partial charge on any atom is -0.495 e. The second-order valence-corrected chi connectivity index (χ2v) is 8.80. The van der Waals surface area contributed by atoms with Crippen LogP contribution in [-0.2, 0) is 12.0 Å². The number of hydrogen-bond acceptors (Lipinski definition) is 5. The number of aromatic nitrogens is 5. The van der Waals surface area contributed by atoms with E-state index in [2.05, 4.69) is 15.1 Å². The molecule has 4 aromatic rings. The van der Waals surface area contributed by atoms with Crippen molar-refractivity contribution in [1.29, 1.82) is 0 Å². The smallest absolute Gasteiger partial charge is 0.194 e. The Morgan fingerprint density at radius 3 is 2.58 bits per heavy atom. The Labute approximate surface area is 205 Å². The SMILES string of the molecule is COc1cc(C=Cc2nc3n(n2)CCC[C@]3(CO)c2cc(F)c(F)c(F)c2)ccc1-n1cnc(C)c1. The Hall–Kier alpha value is -3.92. The third-order valence-corrected chi connectivity index (χ3v) is 6.51. The maximum atomic E-state index is 14.0. The largest absolute Gasteiger partial charge is 0.495 e. The van der Waals surface area contributed by atoms with Crippen molar-refractivity contribution in [1.82, 2.24) is 24.3 Å². The molecule has 0 saturated heterocycles. The van der Waals surface area contributed by atoms with Crippen LogP contribution in [0.3, 0.4) is 0 Å². The number of rotatable bonds is 6. The molecule has 5 rings (SSSR count). The van der Waals surface area contributed by atoms with Gasteiger partial charge in [0.15, 0.2) is 23.3 Å². The van der Waals surface area contributed by atoms with Crippen LogP contribution in [0.2, 0.25) is 0 Å². The number of imidazole rings is 1. The Morgan fingerprint density at radius 2 is 1.92 bits per heavy atom. The van der Waals surface area contributed by atoms with Gasteiger partial charge in [-0.15, -0.1) is 0 Å². The molecule has 2 aromatic carbocycles. The molecule has 1 N–H and O–H groups in total. The molecule has 0 fully saturated rings. The zero-order chi connectivity index (χ0) is 25.4. The predicted octanol–water partition coefficient (Wildman–Crippen LogP) is 4.44. The summed E-state index contributed by atoms with van der Waals surface area (Å²) in [5, 5.41) is 14.8. The summed E-state index contributed by atoms with van der Waals surface area (Å²) < 4.78 is 50.7. The first-order chi connectivity index (χ1) is 17.3. The Balaban J connectivity index is 1.48. The van der Waals surface area contributed by atoms with Crippen LogP contribution in [0.25, 0.3) is 17.8 Å². The number of aliphatic hydroxyl groups is 1. The molecule has 3 heterocycles. The molecular weight excluding hydrogens is 471 g/mol. The van der Waals surface area contributed by atoms with E-state index in [0.717, 1.165) is 29.1 Å². The molecule has 0 amide bonds. The van der Waals surface area contributed by atoms with Gasteiger partial charge in [0.2, 0.25) is 0 Å².